The molecule has 1 aromatic heterocycles. The Morgan fingerprint density at radius 2 is 2.12 bits per heavy atom. The number of carbonyl (C=O) groups is 1. The first-order chi connectivity index (χ1) is 8.06. The maximum absolute atomic E-state index is 11.8. The third kappa shape index (κ3) is 1.73. The van der Waals surface area contributed by atoms with Gasteiger partial charge in [-0.25, -0.2) is 4.79 Å². The van der Waals surface area contributed by atoms with Gasteiger partial charge < -0.3 is 10.3 Å². The van der Waals surface area contributed by atoms with Gasteiger partial charge in [0.25, 0.3) is 5.91 Å². The van der Waals surface area contributed by atoms with Crippen LogP contribution >= 0.6 is 0 Å². The molecule has 0 aliphatic rings. The van der Waals surface area contributed by atoms with Crippen LogP contribution < -0.4 is 11.0 Å². The summed E-state index contributed by atoms with van der Waals surface area (Å²) in [4.78, 5) is 26.2. The molecule has 0 aliphatic heterocycles. The van der Waals surface area contributed by atoms with Crippen molar-refractivity contribution in [2.24, 2.45) is 0 Å². The van der Waals surface area contributed by atoms with E-state index in [-0.39, 0.29) is 17.6 Å². The molecule has 0 saturated carbocycles. The maximum atomic E-state index is 11.8. The minimum absolute atomic E-state index is 0.0520. The molecule has 0 fully saturated rings. The minimum Gasteiger partial charge on any atom is -0.355 e. The van der Waals surface area contributed by atoms with Crippen LogP contribution in [0.2, 0.25) is 0 Å². The number of hydrogen-bond acceptors (Lipinski definition) is 2. The standard InChI is InChI=1S/C12H15N3O2/c1-7(2)15-9-6-4-5-8(11(16)13-3)10(9)14-12(15)17/h4-7H,1-3H3,(H,13,16)(H,14,17). The molecule has 90 valence electrons. The largest absolute Gasteiger partial charge is 0.355 e. The first-order valence-corrected chi connectivity index (χ1v) is 5.51. The van der Waals surface area contributed by atoms with E-state index < -0.39 is 0 Å². The number of fused-ring (bicyclic) bond motifs is 1. The van der Waals surface area contributed by atoms with Crippen molar-refractivity contribution < 1.29 is 4.79 Å². The Kier molecular flexibility index (Phi) is 2.75. The molecule has 0 spiro atoms. The summed E-state index contributed by atoms with van der Waals surface area (Å²) in [5.74, 6) is -0.201. The predicted molar refractivity (Wildman–Crippen MR) is 66.3 cm³/mol. The summed E-state index contributed by atoms with van der Waals surface area (Å²) < 4.78 is 1.64. The molecule has 2 rings (SSSR count). The van der Waals surface area contributed by atoms with E-state index in [4.69, 9.17) is 0 Å². The molecule has 0 radical (unpaired) electrons. The van der Waals surface area contributed by atoms with Crippen molar-refractivity contribution in [2.45, 2.75) is 19.9 Å². The molecular weight excluding hydrogens is 218 g/mol. The van der Waals surface area contributed by atoms with Gasteiger partial charge in [-0.2, -0.15) is 0 Å². The number of H-pyrrole nitrogens is 1. The van der Waals surface area contributed by atoms with Crippen LogP contribution in [0, 0.1) is 0 Å². The average Bonchev–Trinajstić information content (AvgIpc) is 2.63. The first kappa shape index (κ1) is 11.4. The number of nitrogens with zero attached hydrogens (tertiary/aromatic N) is 1. The molecule has 1 amide bonds. The molecule has 1 heterocycles. The summed E-state index contributed by atoms with van der Waals surface area (Å²) in [6.07, 6.45) is 0. The van der Waals surface area contributed by atoms with Crippen molar-refractivity contribution in [1.82, 2.24) is 14.9 Å². The highest BCUT2D eigenvalue weighted by Crippen LogP contribution is 2.18. The molecular formula is C12H15N3O2. The number of amides is 1. The molecule has 2 aromatic rings. The van der Waals surface area contributed by atoms with Gasteiger partial charge >= 0.3 is 5.69 Å². The highest BCUT2D eigenvalue weighted by molar-refractivity contribution is 6.04. The summed E-state index contributed by atoms with van der Waals surface area (Å²) in [6.45, 7) is 3.86. The Labute approximate surface area is 98.4 Å². The van der Waals surface area contributed by atoms with Crippen molar-refractivity contribution in [1.29, 1.82) is 0 Å². The lowest BCUT2D eigenvalue weighted by molar-refractivity contribution is 0.0964. The summed E-state index contributed by atoms with van der Waals surface area (Å²) >= 11 is 0. The fourth-order valence-electron chi connectivity index (χ4n) is 1.99. The zero-order chi connectivity index (χ0) is 12.6. The topological polar surface area (TPSA) is 66.9 Å². The van der Waals surface area contributed by atoms with Crippen LogP contribution in [0.4, 0.5) is 0 Å². The van der Waals surface area contributed by atoms with E-state index in [0.29, 0.717) is 11.1 Å². The lowest BCUT2D eigenvalue weighted by Gasteiger charge is -2.07. The molecule has 5 heteroatoms. The molecule has 1 aromatic carbocycles. The van der Waals surface area contributed by atoms with E-state index in [9.17, 15) is 9.59 Å². The Hall–Kier alpha value is -2.04. The summed E-state index contributed by atoms with van der Waals surface area (Å²) in [6, 6.07) is 5.36. The summed E-state index contributed by atoms with van der Waals surface area (Å²) in [7, 11) is 1.57. The zero-order valence-corrected chi connectivity index (χ0v) is 10.1. The lowest BCUT2D eigenvalue weighted by Crippen LogP contribution is -2.18. The van der Waals surface area contributed by atoms with Crippen molar-refractivity contribution >= 4 is 16.9 Å². The van der Waals surface area contributed by atoms with E-state index in [0.717, 1.165) is 5.52 Å². The van der Waals surface area contributed by atoms with Gasteiger partial charge in [0.15, 0.2) is 0 Å². The van der Waals surface area contributed by atoms with E-state index in [1.54, 1.807) is 23.7 Å². The normalized spacial score (nSPS) is 11.1. The number of benzene rings is 1. The number of carbonyl (C=O) groups excluding carboxylic acids is 1. The van der Waals surface area contributed by atoms with Crippen molar-refractivity contribution in [3.05, 3.63) is 34.2 Å². The second kappa shape index (κ2) is 4.08. The molecule has 0 atom stereocenters. The highest BCUT2D eigenvalue weighted by atomic mass is 16.2. The number of para-hydroxylation sites is 1. The number of nitrogens with one attached hydrogen (secondary N) is 2. The fraction of sp³-hybridized carbons (Fsp3) is 0.333. The average molecular weight is 233 g/mol. The fourth-order valence-corrected chi connectivity index (χ4v) is 1.99. The lowest BCUT2D eigenvalue weighted by atomic mass is 10.1. The SMILES string of the molecule is CNC(=O)c1cccc2c1[nH]c(=O)n2C(C)C. The molecule has 5 nitrogen and oxygen atoms in total. The number of rotatable bonds is 2. The Bertz CT molecular complexity index is 622. The van der Waals surface area contributed by atoms with Crippen LogP contribution in [-0.4, -0.2) is 22.5 Å². The zero-order valence-electron chi connectivity index (χ0n) is 10.1. The van der Waals surface area contributed by atoms with E-state index in [2.05, 4.69) is 10.3 Å². The van der Waals surface area contributed by atoms with Crippen molar-refractivity contribution in [3.8, 4) is 0 Å². The first-order valence-electron chi connectivity index (χ1n) is 5.51. The third-order valence-electron chi connectivity index (χ3n) is 2.74. The number of hydrogen-bond donors (Lipinski definition) is 2. The maximum Gasteiger partial charge on any atom is 0.326 e. The van der Waals surface area contributed by atoms with Gasteiger partial charge in [-0.15, -0.1) is 0 Å². The highest BCUT2D eigenvalue weighted by Gasteiger charge is 2.15. The van der Waals surface area contributed by atoms with Gasteiger partial charge in [0, 0.05) is 13.1 Å². The monoisotopic (exact) mass is 233 g/mol. The molecule has 0 saturated heterocycles. The van der Waals surface area contributed by atoms with Gasteiger partial charge in [0.05, 0.1) is 16.6 Å². The van der Waals surface area contributed by atoms with E-state index in [1.165, 1.54) is 0 Å². The van der Waals surface area contributed by atoms with Crippen LogP contribution in [0.25, 0.3) is 11.0 Å². The Balaban J connectivity index is 2.80. The second-order valence-electron chi connectivity index (χ2n) is 4.17. The predicted octanol–water partition coefficient (Wildman–Crippen LogP) is 1.27. The minimum atomic E-state index is -0.201. The Morgan fingerprint density at radius 3 is 2.71 bits per heavy atom. The van der Waals surface area contributed by atoms with Gasteiger partial charge in [-0.3, -0.25) is 9.36 Å². The van der Waals surface area contributed by atoms with Crippen LogP contribution in [0.1, 0.15) is 30.2 Å². The van der Waals surface area contributed by atoms with Crippen LogP contribution in [-0.2, 0) is 0 Å². The van der Waals surface area contributed by atoms with E-state index in [1.807, 2.05) is 19.9 Å². The van der Waals surface area contributed by atoms with E-state index >= 15 is 0 Å². The van der Waals surface area contributed by atoms with Gasteiger partial charge in [-0.1, -0.05) is 6.07 Å². The summed E-state index contributed by atoms with van der Waals surface area (Å²) in [5, 5.41) is 2.56. The molecule has 0 bridgehead atoms. The molecule has 0 aliphatic carbocycles. The number of aromatic amines is 1. The number of imidazole rings is 1. The van der Waals surface area contributed by atoms with Gasteiger partial charge in [-0.05, 0) is 26.0 Å². The van der Waals surface area contributed by atoms with Crippen molar-refractivity contribution in [2.75, 3.05) is 7.05 Å². The van der Waals surface area contributed by atoms with Gasteiger partial charge in [0.2, 0.25) is 0 Å². The quantitative estimate of drug-likeness (QED) is 0.820. The van der Waals surface area contributed by atoms with Crippen LogP contribution in [0.3, 0.4) is 0 Å². The van der Waals surface area contributed by atoms with Crippen molar-refractivity contribution in [3.63, 3.8) is 0 Å². The second-order valence-corrected chi connectivity index (χ2v) is 4.17. The van der Waals surface area contributed by atoms with Crippen LogP contribution in [0.5, 0.6) is 0 Å². The molecule has 2 N–H and O–H groups in total. The smallest absolute Gasteiger partial charge is 0.326 e. The third-order valence-corrected chi connectivity index (χ3v) is 2.74. The molecule has 17 heavy (non-hydrogen) atoms. The summed E-state index contributed by atoms with van der Waals surface area (Å²) in [5.41, 5.74) is 1.64. The Morgan fingerprint density at radius 1 is 1.41 bits per heavy atom. The van der Waals surface area contributed by atoms with Gasteiger partial charge in [0.1, 0.15) is 0 Å². The number of aromatic nitrogens is 2. The van der Waals surface area contributed by atoms with Crippen LogP contribution in [0.15, 0.2) is 23.0 Å². The molecule has 0 unspecified atom stereocenters.